The Bertz CT molecular complexity index is 558. The van der Waals surface area contributed by atoms with Gasteiger partial charge < -0.3 is 10.1 Å². The second-order valence-electron chi connectivity index (χ2n) is 4.14. The number of hydrogen-bond acceptors (Lipinski definition) is 4. The van der Waals surface area contributed by atoms with Gasteiger partial charge in [0.05, 0.1) is 23.8 Å². The zero-order valence-corrected chi connectivity index (χ0v) is 11.6. The first-order valence-electron chi connectivity index (χ1n) is 5.81. The Hall–Kier alpha value is -1.93. The van der Waals surface area contributed by atoms with Gasteiger partial charge in [0.1, 0.15) is 5.75 Å². The molecule has 0 unspecified atom stereocenters. The van der Waals surface area contributed by atoms with Crippen LogP contribution in [0.1, 0.15) is 17.9 Å². The third-order valence-electron chi connectivity index (χ3n) is 3.08. The molecule has 1 heterocycles. The van der Waals surface area contributed by atoms with Crippen molar-refractivity contribution in [1.82, 2.24) is 5.32 Å². The predicted octanol–water partition coefficient (Wildman–Crippen LogP) is 2.40. The molecule has 0 radical (unpaired) electrons. The van der Waals surface area contributed by atoms with E-state index in [1.165, 1.54) is 11.8 Å². The van der Waals surface area contributed by atoms with E-state index in [0.29, 0.717) is 17.0 Å². The van der Waals surface area contributed by atoms with Crippen LogP contribution in [0.3, 0.4) is 0 Å². The molecule has 98 valence electrons. The van der Waals surface area contributed by atoms with Gasteiger partial charge in [-0.2, -0.15) is 5.26 Å². The van der Waals surface area contributed by atoms with Crippen molar-refractivity contribution in [2.45, 2.75) is 12.3 Å². The standard InChI is InChI=1S/C14H14N2O2S/c1-18-10-5-3-9(4-6-10)11-7-13(17)16-14(19-2)12(11)8-15/h3-6,11H,7H2,1-2H3,(H,16,17)/t11-/m1/s1. The molecule has 1 atom stereocenters. The van der Waals surface area contributed by atoms with Crippen molar-refractivity contribution in [3.05, 3.63) is 40.4 Å². The molecular formula is C14H14N2O2S. The smallest absolute Gasteiger partial charge is 0.225 e. The molecule has 0 saturated heterocycles. The highest BCUT2D eigenvalue weighted by Gasteiger charge is 2.28. The Morgan fingerprint density at radius 3 is 2.63 bits per heavy atom. The molecule has 1 N–H and O–H groups in total. The van der Waals surface area contributed by atoms with Gasteiger partial charge in [-0.15, -0.1) is 11.8 Å². The number of allylic oxidation sites excluding steroid dienone is 1. The number of nitriles is 1. The van der Waals surface area contributed by atoms with Gasteiger partial charge in [0.2, 0.25) is 5.91 Å². The summed E-state index contributed by atoms with van der Waals surface area (Å²) in [7, 11) is 1.61. The Morgan fingerprint density at radius 1 is 1.42 bits per heavy atom. The fraction of sp³-hybridized carbons (Fsp3) is 0.286. The van der Waals surface area contributed by atoms with Crippen molar-refractivity contribution in [3.63, 3.8) is 0 Å². The van der Waals surface area contributed by atoms with Gasteiger partial charge in [0.25, 0.3) is 0 Å². The molecule has 19 heavy (non-hydrogen) atoms. The largest absolute Gasteiger partial charge is 0.497 e. The van der Waals surface area contributed by atoms with Crippen molar-refractivity contribution >= 4 is 17.7 Å². The molecule has 0 saturated carbocycles. The topological polar surface area (TPSA) is 62.1 Å². The first kappa shape index (κ1) is 13.5. The van der Waals surface area contributed by atoms with Crippen LogP contribution < -0.4 is 10.1 Å². The highest BCUT2D eigenvalue weighted by Crippen LogP contribution is 2.35. The molecule has 0 bridgehead atoms. The number of amides is 1. The molecule has 0 spiro atoms. The van der Waals surface area contributed by atoms with E-state index < -0.39 is 0 Å². The summed E-state index contributed by atoms with van der Waals surface area (Å²) in [6.07, 6.45) is 2.16. The Morgan fingerprint density at radius 2 is 2.11 bits per heavy atom. The predicted molar refractivity (Wildman–Crippen MR) is 74.6 cm³/mol. The summed E-state index contributed by atoms with van der Waals surface area (Å²) in [5.74, 6) is 0.535. The maximum atomic E-state index is 11.7. The lowest BCUT2D eigenvalue weighted by Crippen LogP contribution is -2.30. The Kier molecular flexibility index (Phi) is 4.13. The quantitative estimate of drug-likeness (QED) is 0.919. The fourth-order valence-electron chi connectivity index (χ4n) is 2.10. The monoisotopic (exact) mass is 274 g/mol. The third kappa shape index (κ3) is 2.74. The van der Waals surface area contributed by atoms with Crippen LogP contribution in [0.25, 0.3) is 0 Å². The van der Waals surface area contributed by atoms with Crippen LogP contribution in [0.2, 0.25) is 0 Å². The maximum Gasteiger partial charge on any atom is 0.225 e. The molecule has 2 rings (SSSR count). The first-order valence-corrected chi connectivity index (χ1v) is 7.04. The van der Waals surface area contributed by atoms with Crippen LogP contribution in [-0.4, -0.2) is 19.3 Å². The summed E-state index contributed by atoms with van der Waals surface area (Å²) in [6.45, 7) is 0. The number of thioether (sulfide) groups is 1. The average molecular weight is 274 g/mol. The Balaban J connectivity index is 2.41. The normalized spacial score (nSPS) is 18.8. The number of nitrogens with one attached hydrogen (secondary N) is 1. The molecule has 0 aromatic heterocycles. The summed E-state index contributed by atoms with van der Waals surface area (Å²) < 4.78 is 5.11. The number of rotatable bonds is 3. The molecule has 0 aliphatic carbocycles. The van der Waals surface area contributed by atoms with E-state index in [2.05, 4.69) is 11.4 Å². The number of benzene rings is 1. The summed E-state index contributed by atoms with van der Waals surface area (Å²) >= 11 is 1.39. The lowest BCUT2D eigenvalue weighted by atomic mass is 9.87. The third-order valence-corrected chi connectivity index (χ3v) is 3.81. The van der Waals surface area contributed by atoms with Crippen LogP contribution >= 0.6 is 11.8 Å². The van der Waals surface area contributed by atoms with E-state index in [-0.39, 0.29) is 11.8 Å². The molecule has 1 aliphatic heterocycles. The molecule has 0 fully saturated rings. The number of nitrogens with zero attached hydrogens (tertiary/aromatic N) is 1. The van der Waals surface area contributed by atoms with E-state index in [1.807, 2.05) is 30.5 Å². The maximum absolute atomic E-state index is 11.7. The minimum absolute atomic E-state index is 0.0517. The summed E-state index contributed by atoms with van der Waals surface area (Å²) in [5.41, 5.74) is 1.58. The zero-order chi connectivity index (χ0) is 13.8. The minimum Gasteiger partial charge on any atom is -0.497 e. The average Bonchev–Trinajstić information content (AvgIpc) is 2.46. The summed E-state index contributed by atoms with van der Waals surface area (Å²) in [5, 5.41) is 12.7. The molecular weight excluding hydrogens is 260 g/mol. The molecule has 1 aromatic carbocycles. The summed E-state index contributed by atoms with van der Waals surface area (Å²) in [6, 6.07) is 9.70. The highest BCUT2D eigenvalue weighted by molar-refractivity contribution is 8.02. The van der Waals surface area contributed by atoms with E-state index in [1.54, 1.807) is 7.11 Å². The van der Waals surface area contributed by atoms with Gasteiger partial charge in [-0.25, -0.2) is 0 Å². The zero-order valence-electron chi connectivity index (χ0n) is 10.8. The van der Waals surface area contributed by atoms with Crippen LogP contribution in [0, 0.1) is 11.3 Å². The number of carbonyl (C=O) groups excluding carboxylic acids is 1. The van der Waals surface area contributed by atoms with Crippen LogP contribution in [0.15, 0.2) is 34.9 Å². The van der Waals surface area contributed by atoms with Crippen molar-refractivity contribution in [3.8, 4) is 11.8 Å². The molecule has 1 aromatic rings. The SMILES string of the molecule is COc1ccc([C@H]2CC(=O)NC(SC)=C2C#N)cc1. The first-order chi connectivity index (χ1) is 9.19. The molecule has 1 amide bonds. The fourth-order valence-corrected chi connectivity index (χ4v) is 2.72. The number of hydrogen-bond donors (Lipinski definition) is 1. The van der Waals surface area contributed by atoms with Crippen molar-refractivity contribution in [2.24, 2.45) is 0 Å². The van der Waals surface area contributed by atoms with E-state index >= 15 is 0 Å². The van der Waals surface area contributed by atoms with Crippen LogP contribution in [0.5, 0.6) is 5.75 Å². The Labute approximate surface area is 116 Å². The van der Waals surface area contributed by atoms with Crippen molar-refractivity contribution < 1.29 is 9.53 Å². The van der Waals surface area contributed by atoms with E-state index in [4.69, 9.17) is 4.74 Å². The number of carbonyl (C=O) groups is 1. The van der Waals surface area contributed by atoms with Gasteiger partial charge in [-0.1, -0.05) is 12.1 Å². The second kappa shape index (κ2) is 5.81. The van der Waals surface area contributed by atoms with Gasteiger partial charge in [0, 0.05) is 12.3 Å². The van der Waals surface area contributed by atoms with E-state index in [0.717, 1.165) is 11.3 Å². The second-order valence-corrected chi connectivity index (χ2v) is 4.95. The highest BCUT2D eigenvalue weighted by atomic mass is 32.2. The van der Waals surface area contributed by atoms with E-state index in [9.17, 15) is 10.1 Å². The summed E-state index contributed by atoms with van der Waals surface area (Å²) in [4.78, 5) is 11.7. The number of methoxy groups -OCH3 is 1. The van der Waals surface area contributed by atoms with Gasteiger partial charge in [-0.05, 0) is 24.0 Å². The number of ether oxygens (including phenoxy) is 1. The minimum atomic E-state index is -0.174. The molecule has 1 aliphatic rings. The lowest BCUT2D eigenvalue weighted by molar-refractivity contribution is -0.120. The molecule has 5 heteroatoms. The molecule has 4 nitrogen and oxygen atoms in total. The van der Waals surface area contributed by atoms with Gasteiger partial charge in [0.15, 0.2) is 0 Å². The van der Waals surface area contributed by atoms with Gasteiger partial charge >= 0.3 is 0 Å². The van der Waals surface area contributed by atoms with Crippen molar-refractivity contribution in [1.29, 1.82) is 5.26 Å². The van der Waals surface area contributed by atoms with Crippen LogP contribution in [0.4, 0.5) is 0 Å². The van der Waals surface area contributed by atoms with Gasteiger partial charge in [-0.3, -0.25) is 4.79 Å². The van der Waals surface area contributed by atoms with Crippen molar-refractivity contribution in [2.75, 3.05) is 13.4 Å². The lowest BCUT2D eigenvalue weighted by Gasteiger charge is -2.24. The van der Waals surface area contributed by atoms with Crippen LogP contribution in [-0.2, 0) is 4.79 Å².